The molecule has 4 aliphatic rings. The highest BCUT2D eigenvalue weighted by atomic mass is 32.2. The summed E-state index contributed by atoms with van der Waals surface area (Å²) in [4.78, 5) is 15.3. The van der Waals surface area contributed by atoms with Gasteiger partial charge in [0.1, 0.15) is 35.2 Å². The van der Waals surface area contributed by atoms with Gasteiger partial charge in [-0.25, -0.2) is 46.2 Å². The minimum Gasteiger partial charge on any atom is -0.493 e. The van der Waals surface area contributed by atoms with Crippen LogP contribution in [0.3, 0.4) is 0 Å². The number of nitrogens with zero attached hydrogens (tertiary/aromatic N) is 4. The lowest BCUT2D eigenvalue weighted by Gasteiger charge is -2.31. The Hall–Kier alpha value is -6.76. The second kappa shape index (κ2) is 19.6. The van der Waals surface area contributed by atoms with Gasteiger partial charge in [-0.15, -0.1) is 0 Å². The van der Waals surface area contributed by atoms with Crippen LogP contribution in [0, 0.1) is 0 Å². The van der Waals surface area contributed by atoms with E-state index in [1.165, 1.54) is 61.2 Å². The lowest BCUT2D eigenvalue weighted by Crippen LogP contribution is -2.39. The predicted molar refractivity (Wildman–Crippen MR) is 236 cm³/mol. The molecular weight excluding hydrogens is 975 g/mol. The summed E-state index contributed by atoms with van der Waals surface area (Å²) in [5.74, 6) is 0.0764. The van der Waals surface area contributed by atoms with Crippen LogP contribution in [0.25, 0.3) is 0 Å². The van der Waals surface area contributed by atoms with Crippen molar-refractivity contribution in [2.45, 2.75) is 59.0 Å². The standard InChI is InChI=1S/2C23H20F3N3O5S/c2*24-23(25,26)14-2-4-19(21(10-14)34-15-12-32-13-15)17-6-9-33-20-11-16(3-5-18(17)20)35(30,31)29-22-27-7-1-8-28-22/h2*1-5,7-8,10-11,15,17H,6,9,12-13H2,(H,27,28,29)/t2*17-/m10/s1. The normalized spacial score (nSPS) is 18.2. The van der Waals surface area contributed by atoms with Gasteiger partial charge in [0.2, 0.25) is 11.9 Å². The summed E-state index contributed by atoms with van der Waals surface area (Å²) in [6, 6.07) is 18.8. The van der Waals surface area contributed by atoms with Crippen molar-refractivity contribution in [3.8, 4) is 23.0 Å². The maximum atomic E-state index is 13.4. The molecule has 0 spiro atoms. The largest absolute Gasteiger partial charge is 0.493 e. The van der Waals surface area contributed by atoms with Gasteiger partial charge in [0.15, 0.2) is 0 Å². The Labute approximate surface area is 396 Å². The molecule has 0 unspecified atom stereocenters. The molecule has 2 atom stereocenters. The van der Waals surface area contributed by atoms with Crippen LogP contribution in [-0.2, 0) is 41.9 Å². The summed E-state index contributed by atoms with van der Waals surface area (Å²) in [6.07, 6.45) is -3.08. The van der Waals surface area contributed by atoms with Crippen LogP contribution in [0.15, 0.2) is 120 Å². The molecule has 0 bridgehead atoms. The Bertz CT molecular complexity index is 2870. The zero-order valence-electron chi connectivity index (χ0n) is 36.3. The maximum absolute atomic E-state index is 13.4. The van der Waals surface area contributed by atoms with E-state index in [-0.39, 0.29) is 70.4 Å². The van der Waals surface area contributed by atoms with Gasteiger partial charge in [0.25, 0.3) is 20.0 Å². The fourth-order valence-electron chi connectivity index (χ4n) is 7.91. The first-order chi connectivity index (χ1) is 33.4. The van der Waals surface area contributed by atoms with Gasteiger partial charge in [-0.1, -0.05) is 24.3 Å². The minimum absolute atomic E-state index is 0.0557. The van der Waals surface area contributed by atoms with E-state index < -0.39 is 43.5 Å². The lowest BCUT2D eigenvalue weighted by atomic mass is 9.85. The first kappa shape index (κ1) is 48.3. The number of sulfonamides is 2. The molecule has 0 radical (unpaired) electrons. The Balaban J connectivity index is 0.000000174. The average molecular weight is 1010 g/mol. The zero-order chi connectivity index (χ0) is 49.3. The molecule has 4 aromatic carbocycles. The van der Waals surface area contributed by atoms with Crippen molar-refractivity contribution in [3.05, 3.63) is 143 Å². The molecular formula is C46H40F6N6O10S2. The summed E-state index contributed by atoms with van der Waals surface area (Å²) in [7, 11) is -7.98. The highest BCUT2D eigenvalue weighted by Gasteiger charge is 2.37. The Morgan fingerprint density at radius 3 is 1.23 bits per heavy atom. The number of anilines is 2. The lowest BCUT2D eigenvalue weighted by molar-refractivity contribution is -0.138. The van der Waals surface area contributed by atoms with Crippen LogP contribution in [0.4, 0.5) is 38.2 Å². The SMILES string of the molecule is O=S(=O)(Nc1ncccn1)c1ccc2c(c1)OCC[C@@H]2c1ccc(C(F)(F)F)cc1OC1COC1.O=S(=O)(Nc1ncccn1)c1ccc2c(c1)OCC[C@H]2c1ccc(C(F)(F)F)cc1OC1COC1. The third-order valence-electron chi connectivity index (χ3n) is 11.5. The summed E-state index contributed by atoms with van der Waals surface area (Å²) in [5.41, 5.74) is 0.835. The number of rotatable bonds is 12. The van der Waals surface area contributed by atoms with Crippen molar-refractivity contribution in [3.63, 3.8) is 0 Å². The first-order valence-corrected chi connectivity index (χ1v) is 24.4. The van der Waals surface area contributed by atoms with Gasteiger partial charge < -0.3 is 28.4 Å². The molecule has 16 nitrogen and oxygen atoms in total. The second-order valence-corrected chi connectivity index (χ2v) is 19.6. The van der Waals surface area contributed by atoms with Crippen molar-refractivity contribution in [2.75, 3.05) is 49.1 Å². The van der Waals surface area contributed by atoms with Gasteiger partial charge in [-0.2, -0.15) is 26.3 Å². The van der Waals surface area contributed by atoms with E-state index in [1.54, 1.807) is 24.3 Å². The first-order valence-electron chi connectivity index (χ1n) is 21.5. The van der Waals surface area contributed by atoms with Crippen molar-refractivity contribution in [1.82, 2.24) is 19.9 Å². The quantitative estimate of drug-likeness (QED) is 0.112. The molecule has 10 rings (SSSR count). The summed E-state index contributed by atoms with van der Waals surface area (Å²) in [6.45, 7) is 1.73. The molecule has 2 fully saturated rings. The zero-order valence-corrected chi connectivity index (χ0v) is 37.9. The van der Waals surface area contributed by atoms with Gasteiger partial charge >= 0.3 is 12.4 Å². The van der Waals surface area contributed by atoms with Gasteiger partial charge in [-0.3, -0.25) is 0 Å². The molecule has 0 amide bonds. The van der Waals surface area contributed by atoms with Crippen LogP contribution in [0.1, 0.15) is 58.1 Å². The monoisotopic (exact) mass is 1010 g/mol. The van der Waals surface area contributed by atoms with E-state index in [9.17, 15) is 43.2 Å². The predicted octanol–water partition coefficient (Wildman–Crippen LogP) is 7.98. The van der Waals surface area contributed by atoms with E-state index in [4.69, 9.17) is 28.4 Å². The molecule has 6 heterocycles. The molecule has 24 heteroatoms. The summed E-state index contributed by atoms with van der Waals surface area (Å²) < 4.78 is 169. The number of ether oxygens (including phenoxy) is 6. The fraction of sp³-hybridized carbons (Fsp3) is 0.304. The molecule has 0 aliphatic carbocycles. The van der Waals surface area contributed by atoms with Gasteiger partial charge in [-0.05, 0) is 61.4 Å². The van der Waals surface area contributed by atoms with E-state index in [2.05, 4.69) is 29.4 Å². The molecule has 2 N–H and O–H groups in total. The number of halogens is 6. The van der Waals surface area contributed by atoms with E-state index in [0.717, 1.165) is 24.3 Å². The molecule has 2 saturated heterocycles. The highest BCUT2D eigenvalue weighted by Crippen LogP contribution is 2.46. The van der Waals surface area contributed by atoms with Crippen LogP contribution in [0.5, 0.6) is 23.0 Å². The Morgan fingerprint density at radius 1 is 0.514 bits per heavy atom. The van der Waals surface area contributed by atoms with Crippen molar-refractivity contribution in [1.29, 1.82) is 0 Å². The van der Waals surface area contributed by atoms with Gasteiger partial charge in [0, 0.05) is 71.0 Å². The van der Waals surface area contributed by atoms with E-state index >= 15 is 0 Å². The number of nitrogens with one attached hydrogen (secondary N) is 2. The number of benzene rings is 4. The maximum Gasteiger partial charge on any atom is 0.416 e. The summed E-state index contributed by atoms with van der Waals surface area (Å²) in [5, 5.41) is 0. The third-order valence-corrected chi connectivity index (χ3v) is 14.1. The van der Waals surface area contributed by atoms with Crippen molar-refractivity contribution < 1.29 is 71.6 Å². The fourth-order valence-corrected chi connectivity index (χ4v) is 9.85. The number of fused-ring (bicyclic) bond motifs is 2. The van der Waals surface area contributed by atoms with Crippen molar-refractivity contribution in [2.24, 2.45) is 0 Å². The molecule has 6 aromatic rings. The van der Waals surface area contributed by atoms with Crippen LogP contribution >= 0.6 is 0 Å². The number of hydrogen-bond acceptors (Lipinski definition) is 14. The summed E-state index contributed by atoms with van der Waals surface area (Å²) >= 11 is 0. The van der Waals surface area contributed by atoms with Gasteiger partial charge in [0.05, 0.1) is 60.6 Å². The molecule has 0 saturated carbocycles. The second-order valence-electron chi connectivity index (χ2n) is 16.2. The average Bonchev–Trinajstić information content (AvgIpc) is 3.30. The Kier molecular flexibility index (Phi) is 13.5. The van der Waals surface area contributed by atoms with Crippen LogP contribution in [-0.4, -0.2) is 88.6 Å². The van der Waals surface area contributed by atoms with E-state index in [1.807, 2.05) is 0 Å². The Morgan fingerprint density at radius 2 is 0.886 bits per heavy atom. The number of aromatic nitrogens is 4. The molecule has 4 aliphatic heterocycles. The topological polar surface area (TPSA) is 199 Å². The highest BCUT2D eigenvalue weighted by molar-refractivity contribution is 7.93. The smallest absolute Gasteiger partial charge is 0.416 e. The van der Waals surface area contributed by atoms with Crippen molar-refractivity contribution >= 4 is 31.9 Å². The number of hydrogen-bond donors (Lipinski definition) is 2. The molecule has 2 aromatic heterocycles. The van der Waals surface area contributed by atoms with Crippen LogP contribution in [0.2, 0.25) is 0 Å². The molecule has 368 valence electrons. The third kappa shape index (κ3) is 10.8. The van der Waals surface area contributed by atoms with Crippen LogP contribution < -0.4 is 28.4 Å². The molecule has 70 heavy (non-hydrogen) atoms. The minimum atomic E-state index is -4.51. The van der Waals surface area contributed by atoms with E-state index in [0.29, 0.717) is 73.0 Å². The number of alkyl halides is 6.